The van der Waals surface area contributed by atoms with E-state index in [1.54, 1.807) is 23.7 Å². The van der Waals surface area contributed by atoms with Gasteiger partial charge in [0.15, 0.2) is 0 Å². The highest BCUT2D eigenvalue weighted by molar-refractivity contribution is 7.17. The largest absolute Gasteiger partial charge is 0.397 e. The molecule has 21 heavy (non-hydrogen) atoms. The average Bonchev–Trinajstić information content (AvgIpc) is 2.92. The molecule has 0 bridgehead atoms. The number of nitrogens with two attached hydrogens (primary N) is 1. The number of carbonyl (C=O) groups excluding carboxylic acids is 1. The number of amides is 1. The van der Waals surface area contributed by atoms with Gasteiger partial charge in [0.2, 0.25) is 0 Å². The Balaban J connectivity index is 1.95. The summed E-state index contributed by atoms with van der Waals surface area (Å²) in [5, 5.41) is 4.85. The second kappa shape index (κ2) is 5.48. The predicted octanol–water partition coefficient (Wildman–Crippen LogP) is 3.83. The molecule has 0 fully saturated rings. The number of nitrogens with one attached hydrogen (secondary N) is 1. The lowest BCUT2D eigenvalue weighted by molar-refractivity contribution is 0.102. The van der Waals surface area contributed by atoms with Crippen molar-refractivity contribution in [1.82, 2.24) is 9.97 Å². The molecule has 3 rings (SSSR count). The van der Waals surface area contributed by atoms with Gasteiger partial charge in [0.25, 0.3) is 5.91 Å². The maximum absolute atomic E-state index is 12.3. The number of hydrogen-bond donors (Lipinski definition) is 2. The number of anilines is 2. The van der Waals surface area contributed by atoms with Gasteiger partial charge in [0.1, 0.15) is 6.33 Å². The quantitative estimate of drug-likeness (QED) is 0.695. The summed E-state index contributed by atoms with van der Waals surface area (Å²) in [4.78, 5) is 20.4. The third-order valence-electron chi connectivity index (χ3n) is 2.84. The first-order valence-electron chi connectivity index (χ1n) is 5.80. The number of nitrogen functional groups attached to an aromatic ring is 1. The molecule has 0 saturated heterocycles. The number of benzene rings is 1. The van der Waals surface area contributed by atoms with Crippen LogP contribution in [-0.4, -0.2) is 15.9 Å². The highest BCUT2D eigenvalue weighted by Crippen LogP contribution is 2.35. The normalized spacial score (nSPS) is 10.8. The van der Waals surface area contributed by atoms with Crippen molar-refractivity contribution in [3.8, 4) is 0 Å². The van der Waals surface area contributed by atoms with E-state index >= 15 is 0 Å². The van der Waals surface area contributed by atoms with Crippen LogP contribution in [0.15, 0.2) is 30.0 Å². The average molecular weight is 339 g/mol. The Morgan fingerprint density at radius 3 is 2.90 bits per heavy atom. The zero-order chi connectivity index (χ0) is 15.0. The first-order chi connectivity index (χ1) is 10.1. The van der Waals surface area contributed by atoms with Crippen molar-refractivity contribution in [2.75, 3.05) is 11.1 Å². The fourth-order valence-electron chi connectivity index (χ4n) is 1.80. The van der Waals surface area contributed by atoms with Crippen LogP contribution < -0.4 is 11.1 Å². The monoisotopic (exact) mass is 338 g/mol. The van der Waals surface area contributed by atoms with E-state index in [1.165, 1.54) is 17.7 Å². The Kier molecular flexibility index (Phi) is 3.67. The van der Waals surface area contributed by atoms with E-state index in [4.69, 9.17) is 28.9 Å². The van der Waals surface area contributed by atoms with E-state index in [0.717, 1.165) is 4.70 Å². The van der Waals surface area contributed by atoms with Gasteiger partial charge in [-0.05, 0) is 12.1 Å². The fraction of sp³-hybridized carbons (Fsp3) is 0. The minimum atomic E-state index is -0.317. The summed E-state index contributed by atoms with van der Waals surface area (Å²) in [6, 6.07) is 3.18. The van der Waals surface area contributed by atoms with Gasteiger partial charge in [-0.1, -0.05) is 23.2 Å². The molecule has 8 heteroatoms. The lowest BCUT2D eigenvalue weighted by atomic mass is 10.2. The van der Waals surface area contributed by atoms with E-state index in [1.807, 2.05) is 0 Å². The van der Waals surface area contributed by atoms with E-state index in [0.29, 0.717) is 22.5 Å². The van der Waals surface area contributed by atoms with Crippen molar-refractivity contribution >= 4 is 62.0 Å². The third kappa shape index (κ3) is 2.53. The maximum Gasteiger partial charge on any atom is 0.258 e. The van der Waals surface area contributed by atoms with Gasteiger partial charge < -0.3 is 11.1 Å². The van der Waals surface area contributed by atoms with E-state index < -0.39 is 0 Å². The third-order valence-corrected chi connectivity index (χ3v) is 4.65. The number of rotatable bonds is 2. The second-order valence-corrected chi connectivity index (χ2v) is 5.84. The predicted molar refractivity (Wildman–Crippen MR) is 86.2 cm³/mol. The van der Waals surface area contributed by atoms with Crippen molar-refractivity contribution in [2.45, 2.75) is 0 Å². The molecule has 1 aromatic carbocycles. The van der Waals surface area contributed by atoms with Crippen LogP contribution in [-0.2, 0) is 0 Å². The minimum Gasteiger partial charge on any atom is -0.397 e. The Hall–Kier alpha value is -1.89. The summed E-state index contributed by atoms with van der Waals surface area (Å²) in [5.74, 6) is -0.317. The maximum atomic E-state index is 12.3. The summed E-state index contributed by atoms with van der Waals surface area (Å²) in [6.07, 6.45) is 3.07. The summed E-state index contributed by atoms with van der Waals surface area (Å²) in [5.41, 5.74) is 7.46. The summed E-state index contributed by atoms with van der Waals surface area (Å²) in [6.45, 7) is 0. The van der Waals surface area contributed by atoms with Crippen molar-refractivity contribution in [3.05, 3.63) is 45.6 Å². The topological polar surface area (TPSA) is 80.9 Å². The van der Waals surface area contributed by atoms with Crippen LogP contribution in [0.2, 0.25) is 10.0 Å². The number of halogens is 2. The molecule has 1 amide bonds. The Labute approximate surface area is 133 Å². The van der Waals surface area contributed by atoms with Crippen LogP contribution >= 0.6 is 34.5 Å². The molecule has 0 saturated carbocycles. The summed E-state index contributed by atoms with van der Waals surface area (Å²) in [7, 11) is 0. The van der Waals surface area contributed by atoms with Crippen LogP contribution in [0.3, 0.4) is 0 Å². The second-order valence-electron chi connectivity index (χ2n) is 4.17. The van der Waals surface area contributed by atoms with Crippen molar-refractivity contribution < 1.29 is 4.79 Å². The van der Waals surface area contributed by atoms with Gasteiger partial charge in [-0.15, -0.1) is 11.3 Å². The molecule has 0 unspecified atom stereocenters. The van der Waals surface area contributed by atoms with Gasteiger partial charge in [0.05, 0.1) is 37.2 Å². The Bertz CT molecular complexity index is 849. The number of nitrogens with zero attached hydrogens (tertiary/aromatic N) is 2. The van der Waals surface area contributed by atoms with Gasteiger partial charge in [0, 0.05) is 11.6 Å². The molecular formula is C13H8Cl2N4OS. The highest BCUT2D eigenvalue weighted by atomic mass is 35.5. The molecule has 2 aromatic heterocycles. The van der Waals surface area contributed by atoms with E-state index in [9.17, 15) is 4.79 Å². The Morgan fingerprint density at radius 2 is 2.10 bits per heavy atom. The first kappa shape index (κ1) is 14.1. The number of thiophene rings is 1. The molecule has 2 heterocycles. The number of aromatic nitrogens is 2. The SMILES string of the molecule is Nc1ccc(NC(=O)c2csc3cncnc23)c(Cl)c1Cl. The smallest absolute Gasteiger partial charge is 0.258 e. The number of carbonyl (C=O) groups is 1. The van der Waals surface area contributed by atoms with Gasteiger partial charge in [-0.2, -0.15) is 0 Å². The van der Waals surface area contributed by atoms with Crippen LogP contribution in [0.1, 0.15) is 10.4 Å². The summed E-state index contributed by atoms with van der Waals surface area (Å²) < 4.78 is 0.837. The van der Waals surface area contributed by atoms with Crippen molar-refractivity contribution in [3.63, 3.8) is 0 Å². The fourth-order valence-corrected chi connectivity index (χ4v) is 3.04. The molecule has 0 aliphatic carbocycles. The lowest BCUT2D eigenvalue weighted by Gasteiger charge is -2.09. The van der Waals surface area contributed by atoms with Gasteiger partial charge >= 0.3 is 0 Å². The molecule has 3 N–H and O–H groups in total. The van der Waals surface area contributed by atoms with Crippen molar-refractivity contribution in [1.29, 1.82) is 0 Å². The molecule has 0 radical (unpaired) electrons. The highest BCUT2D eigenvalue weighted by Gasteiger charge is 2.16. The molecule has 0 atom stereocenters. The van der Waals surface area contributed by atoms with Gasteiger partial charge in [-0.25, -0.2) is 9.97 Å². The Morgan fingerprint density at radius 1 is 1.29 bits per heavy atom. The molecular weight excluding hydrogens is 331 g/mol. The number of fused-ring (bicyclic) bond motifs is 1. The standard InChI is InChI=1S/C13H8Cl2N4OS/c14-10-7(16)1-2-8(11(10)15)19-13(20)6-4-21-9-3-17-5-18-12(6)9/h1-5H,16H2,(H,19,20). The number of hydrogen-bond acceptors (Lipinski definition) is 5. The van der Waals surface area contributed by atoms with Gasteiger partial charge in [-0.3, -0.25) is 4.79 Å². The van der Waals surface area contributed by atoms with Crippen LogP contribution in [0.25, 0.3) is 10.2 Å². The van der Waals surface area contributed by atoms with E-state index in [-0.39, 0.29) is 16.0 Å². The van der Waals surface area contributed by atoms with Crippen LogP contribution in [0, 0.1) is 0 Å². The van der Waals surface area contributed by atoms with Crippen LogP contribution in [0.4, 0.5) is 11.4 Å². The molecule has 0 aliphatic heterocycles. The first-order valence-corrected chi connectivity index (χ1v) is 7.43. The molecule has 3 aromatic rings. The molecule has 0 aliphatic rings. The molecule has 5 nitrogen and oxygen atoms in total. The lowest BCUT2D eigenvalue weighted by Crippen LogP contribution is -2.12. The zero-order valence-electron chi connectivity index (χ0n) is 10.4. The molecule has 0 spiro atoms. The molecule has 106 valence electrons. The summed E-state index contributed by atoms with van der Waals surface area (Å²) >= 11 is 13.4. The van der Waals surface area contributed by atoms with Crippen molar-refractivity contribution in [2.24, 2.45) is 0 Å². The van der Waals surface area contributed by atoms with Crippen LogP contribution in [0.5, 0.6) is 0 Å². The van der Waals surface area contributed by atoms with E-state index in [2.05, 4.69) is 15.3 Å². The zero-order valence-corrected chi connectivity index (χ0v) is 12.8. The minimum absolute atomic E-state index is 0.208.